The monoisotopic (exact) mass is 1180 g/mol. The molecule has 0 radical (unpaired) electrons. The molecule has 0 spiro atoms. The lowest BCUT2D eigenvalue weighted by molar-refractivity contribution is -0.303. The molecule has 0 aromatic carbocycles. The molecular formula is C72H141NO10. The highest BCUT2D eigenvalue weighted by atomic mass is 16.7. The Hall–Kier alpha value is -1.15. The molecule has 9 atom stereocenters. The Bertz CT molecular complexity index is 1350. The molecule has 0 bridgehead atoms. The molecule has 1 heterocycles. The third-order valence-electron chi connectivity index (χ3n) is 18.1. The summed E-state index contributed by atoms with van der Waals surface area (Å²) in [6, 6.07) is -1.18. The van der Waals surface area contributed by atoms with Crippen molar-refractivity contribution in [3.63, 3.8) is 0 Å². The molecule has 11 heteroatoms. The summed E-state index contributed by atoms with van der Waals surface area (Å²) in [5.41, 5.74) is 0. The molecule has 11 nitrogen and oxygen atoms in total. The van der Waals surface area contributed by atoms with Crippen LogP contribution in [0.4, 0.5) is 0 Å². The van der Waals surface area contributed by atoms with Crippen LogP contribution in [0.25, 0.3) is 0 Å². The number of unbranched alkanes of at least 4 members (excludes halogenated alkanes) is 51. The van der Waals surface area contributed by atoms with Gasteiger partial charge in [-0.2, -0.15) is 0 Å². The highest BCUT2D eigenvalue weighted by Gasteiger charge is 2.44. The normalized spacial score (nSPS) is 19.0. The smallest absolute Gasteiger partial charge is 0.249 e. The van der Waals surface area contributed by atoms with Crippen molar-refractivity contribution < 1.29 is 50.0 Å². The van der Waals surface area contributed by atoms with Gasteiger partial charge in [0.05, 0.1) is 25.4 Å². The standard InChI is InChI=1S/C72H141NO10/c1-3-5-7-9-11-13-15-17-19-21-23-25-27-29-30-31-32-33-34-35-36-38-40-42-44-46-48-50-52-54-56-58-60-65(76)71(81)73-63(62-82-72-70(80)69(79)68(78)66(61-74)83-72)67(77)64(75)59-57-55-53-51-49-47-45-43-41-39-37-28-26-24-22-20-18-16-14-12-10-8-6-4-2/h51,53,63-70,72,74-80H,3-50,52,54-62H2,1-2H3,(H,73,81)/b53-51+. The molecule has 1 rings (SSSR count). The second-order valence-electron chi connectivity index (χ2n) is 26.0. The number of amides is 1. The maximum atomic E-state index is 13.3. The zero-order valence-corrected chi connectivity index (χ0v) is 54.7. The number of hydrogen-bond acceptors (Lipinski definition) is 10. The number of ether oxygens (including phenoxy) is 2. The summed E-state index contributed by atoms with van der Waals surface area (Å²) in [5, 5.41) is 76.5. The summed E-state index contributed by atoms with van der Waals surface area (Å²) >= 11 is 0. The highest BCUT2D eigenvalue weighted by molar-refractivity contribution is 5.80. The SMILES string of the molecule is CCCCCCCCCCCCCCCCCCCCC/C=C/CCCC(O)C(O)C(COC1OC(CO)C(O)C(O)C1O)NC(=O)C(O)CCCCCCCCCCCCCCCCCCCCCCCCCCCCCCCCCC. The first-order valence-corrected chi connectivity index (χ1v) is 36.6. The van der Waals surface area contributed by atoms with Crippen molar-refractivity contribution in [1.82, 2.24) is 5.32 Å². The Labute approximate surface area is 512 Å². The van der Waals surface area contributed by atoms with Gasteiger partial charge in [0.2, 0.25) is 5.91 Å². The summed E-state index contributed by atoms with van der Waals surface area (Å²) in [5.74, 6) is -0.697. The molecule has 0 aromatic heterocycles. The molecule has 0 aromatic rings. The molecular weight excluding hydrogens is 1040 g/mol. The van der Waals surface area contributed by atoms with Gasteiger partial charge in [0.1, 0.15) is 36.6 Å². The topological polar surface area (TPSA) is 189 Å². The minimum Gasteiger partial charge on any atom is -0.394 e. The Morgan fingerprint density at radius 1 is 0.410 bits per heavy atom. The average molecular weight is 1180 g/mol. The molecule has 1 fully saturated rings. The molecule has 9 unspecified atom stereocenters. The maximum Gasteiger partial charge on any atom is 0.249 e. The van der Waals surface area contributed by atoms with E-state index in [0.717, 1.165) is 38.5 Å². The molecule has 83 heavy (non-hydrogen) atoms. The van der Waals surface area contributed by atoms with Crippen molar-refractivity contribution in [2.45, 2.75) is 428 Å². The minimum absolute atomic E-state index is 0.260. The predicted molar refractivity (Wildman–Crippen MR) is 349 cm³/mol. The number of rotatable bonds is 65. The summed E-state index contributed by atoms with van der Waals surface area (Å²) in [6.45, 7) is 3.51. The lowest BCUT2D eigenvalue weighted by atomic mass is 9.98. The number of nitrogens with one attached hydrogen (secondary N) is 1. The number of carbonyl (C=O) groups excluding carboxylic acids is 1. The van der Waals surface area contributed by atoms with E-state index in [0.29, 0.717) is 12.8 Å². The van der Waals surface area contributed by atoms with Crippen LogP contribution in [0.5, 0.6) is 0 Å². The van der Waals surface area contributed by atoms with Gasteiger partial charge < -0.3 is 50.5 Å². The zero-order chi connectivity index (χ0) is 60.3. The van der Waals surface area contributed by atoms with E-state index in [-0.39, 0.29) is 12.8 Å². The third kappa shape index (κ3) is 48.5. The van der Waals surface area contributed by atoms with Crippen LogP contribution in [0.2, 0.25) is 0 Å². The largest absolute Gasteiger partial charge is 0.394 e. The van der Waals surface area contributed by atoms with Gasteiger partial charge in [-0.1, -0.05) is 347 Å². The zero-order valence-electron chi connectivity index (χ0n) is 54.7. The Morgan fingerprint density at radius 3 is 1.04 bits per heavy atom. The third-order valence-corrected chi connectivity index (χ3v) is 18.1. The van der Waals surface area contributed by atoms with Crippen LogP contribution in [0.1, 0.15) is 373 Å². The van der Waals surface area contributed by atoms with Crippen molar-refractivity contribution in [2.24, 2.45) is 0 Å². The molecule has 494 valence electrons. The first kappa shape index (κ1) is 79.9. The number of aliphatic hydroxyl groups excluding tert-OH is 7. The summed E-state index contributed by atoms with van der Waals surface area (Å²) in [4.78, 5) is 13.3. The van der Waals surface area contributed by atoms with Crippen LogP contribution in [-0.4, -0.2) is 110 Å². The quantitative estimate of drug-likeness (QED) is 0.0215. The van der Waals surface area contributed by atoms with E-state index in [9.17, 15) is 40.5 Å². The van der Waals surface area contributed by atoms with Gasteiger partial charge in [0, 0.05) is 0 Å². The van der Waals surface area contributed by atoms with Crippen LogP contribution in [-0.2, 0) is 14.3 Å². The van der Waals surface area contributed by atoms with Crippen LogP contribution < -0.4 is 5.32 Å². The van der Waals surface area contributed by atoms with Crippen LogP contribution in [0, 0.1) is 0 Å². The Kier molecular flexibility index (Phi) is 58.8. The summed E-state index contributed by atoms with van der Waals surface area (Å²) in [6.07, 6.45) is 64.6. The molecule has 8 N–H and O–H groups in total. The highest BCUT2D eigenvalue weighted by Crippen LogP contribution is 2.24. The molecule has 0 aliphatic carbocycles. The first-order chi connectivity index (χ1) is 40.7. The van der Waals surface area contributed by atoms with E-state index in [1.54, 1.807) is 0 Å². The Balaban J connectivity index is 2.17. The van der Waals surface area contributed by atoms with Crippen molar-refractivity contribution in [3.8, 4) is 0 Å². The minimum atomic E-state index is -1.67. The number of carbonyl (C=O) groups is 1. The van der Waals surface area contributed by atoms with Gasteiger partial charge in [0.15, 0.2) is 6.29 Å². The fraction of sp³-hybridized carbons (Fsp3) is 0.958. The van der Waals surface area contributed by atoms with Crippen molar-refractivity contribution >= 4 is 5.91 Å². The molecule has 0 saturated carbocycles. The van der Waals surface area contributed by atoms with Crippen LogP contribution in [0.3, 0.4) is 0 Å². The van der Waals surface area contributed by atoms with E-state index >= 15 is 0 Å². The first-order valence-electron chi connectivity index (χ1n) is 36.6. The van der Waals surface area contributed by atoms with Crippen molar-refractivity contribution in [1.29, 1.82) is 0 Å². The second-order valence-corrected chi connectivity index (χ2v) is 26.0. The fourth-order valence-electron chi connectivity index (χ4n) is 12.2. The van der Waals surface area contributed by atoms with E-state index in [2.05, 4.69) is 31.3 Å². The lowest BCUT2D eigenvalue weighted by Gasteiger charge is -2.40. The van der Waals surface area contributed by atoms with E-state index in [4.69, 9.17) is 9.47 Å². The predicted octanol–water partition coefficient (Wildman–Crippen LogP) is 17.8. The van der Waals surface area contributed by atoms with Crippen LogP contribution in [0.15, 0.2) is 12.2 Å². The summed E-state index contributed by atoms with van der Waals surface area (Å²) in [7, 11) is 0. The second kappa shape index (κ2) is 61.1. The van der Waals surface area contributed by atoms with Gasteiger partial charge in [-0.15, -0.1) is 0 Å². The van der Waals surface area contributed by atoms with E-state index < -0.39 is 74.2 Å². The van der Waals surface area contributed by atoms with Gasteiger partial charge in [-0.3, -0.25) is 4.79 Å². The fourth-order valence-corrected chi connectivity index (χ4v) is 12.2. The van der Waals surface area contributed by atoms with Gasteiger partial charge in [0.25, 0.3) is 0 Å². The van der Waals surface area contributed by atoms with Crippen LogP contribution >= 0.6 is 0 Å². The number of hydrogen-bond donors (Lipinski definition) is 8. The van der Waals surface area contributed by atoms with E-state index in [1.807, 2.05) is 0 Å². The maximum absolute atomic E-state index is 13.3. The van der Waals surface area contributed by atoms with E-state index in [1.165, 1.54) is 295 Å². The summed E-state index contributed by atoms with van der Waals surface area (Å²) < 4.78 is 11.2. The number of allylic oxidation sites excluding steroid dienone is 2. The Morgan fingerprint density at radius 2 is 0.711 bits per heavy atom. The average Bonchev–Trinajstić information content (AvgIpc) is 3.65. The van der Waals surface area contributed by atoms with Gasteiger partial charge in [-0.25, -0.2) is 0 Å². The lowest BCUT2D eigenvalue weighted by Crippen LogP contribution is -2.60. The number of aliphatic hydroxyl groups is 7. The van der Waals surface area contributed by atoms with Crippen molar-refractivity contribution in [2.75, 3.05) is 13.2 Å². The molecule has 1 amide bonds. The van der Waals surface area contributed by atoms with Gasteiger partial charge >= 0.3 is 0 Å². The molecule has 1 aliphatic rings. The van der Waals surface area contributed by atoms with Gasteiger partial charge in [-0.05, 0) is 38.5 Å². The molecule has 1 aliphatic heterocycles. The van der Waals surface area contributed by atoms with Crippen molar-refractivity contribution in [3.05, 3.63) is 12.2 Å². The molecule has 1 saturated heterocycles.